The van der Waals surface area contributed by atoms with Crippen molar-refractivity contribution in [2.24, 2.45) is 0 Å². The van der Waals surface area contributed by atoms with Gasteiger partial charge in [-0.2, -0.15) is 0 Å². The first kappa shape index (κ1) is 17.4. The van der Waals surface area contributed by atoms with Gasteiger partial charge in [-0.1, -0.05) is 6.07 Å². The summed E-state index contributed by atoms with van der Waals surface area (Å²) in [7, 11) is 1.58. The van der Waals surface area contributed by atoms with Gasteiger partial charge in [0.1, 0.15) is 0 Å². The van der Waals surface area contributed by atoms with Crippen LogP contribution in [0.15, 0.2) is 29.7 Å². The Balaban J connectivity index is 1.69. The number of esters is 1. The smallest absolute Gasteiger partial charge is 0.336 e. The van der Waals surface area contributed by atoms with Crippen LogP contribution in [0.5, 0.6) is 11.5 Å². The molecule has 4 nitrogen and oxygen atoms in total. The molecule has 1 aliphatic rings. The van der Waals surface area contributed by atoms with Crippen molar-refractivity contribution in [1.29, 1.82) is 0 Å². The van der Waals surface area contributed by atoms with Crippen molar-refractivity contribution in [3.63, 3.8) is 0 Å². The second kappa shape index (κ2) is 8.09. The van der Waals surface area contributed by atoms with Crippen molar-refractivity contribution in [3.05, 3.63) is 45.9 Å². The van der Waals surface area contributed by atoms with Gasteiger partial charge in [-0.05, 0) is 30.7 Å². The minimum Gasteiger partial charge on any atom is -0.493 e. The van der Waals surface area contributed by atoms with Crippen LogP contribution in [0.4, 0.5) is 0 Å². The Morgan fingerprint density at radius 1 is 1.29 bits per heavy atom. The fourth-order valence-corrected chi connectivity index (χ4v) is 5.64. The molecule has 0 saturated carbocycles. The van der Waals surface area contributed by atoms with E-state index >= 15 is 0 Å². The number of aromatic nitrogens is 1. The van der Waals surface area contributed by atoms with Crippen LogP contribution in [0, 0.1) is 6.92 Å². The largest absolute Gasteiger partial charge is 0.493 e. The Kier molecular flexibility index (Phi) is 5.86. The molecular weight excluding hydrogens is 362 g/mol. The highest BCUT2D eigenvalue weighted by Gasteiger charge is 2.20. The maximum Gasteiger partial charge on any atom is 0.336 e. The van der Waals surface area contributed by atoms with E-state index in [0.717, 1.165) is 22.2 Å². The lowest BCUT2D eigenvalue weighted by Gasteiger charge is -2.13. The predicted octanol–water partition coefficient (Wildman–Crippen LogP) is 4.56. The molecule has 2 heterocycles. The van der Waals surface area contributed by atoms with Gasteiger partial charge in [0, 0.05) is 23.0 Å². The normalized spacial score (nSPS) is 15.1. The molecule has 0 amide bonds. The zero-order valence-electron chi connectivity index (χ0n) is 13.4. The van der Waals surface area contributed by atoms with E-state index < -0.39 is 5.97 Å². The maximum atomic E-state index is 12.0. The quantitative estimate of drug-likeness (QED) is 0.431. The number of thioether (sulfide) groups is 2. The highest BCUT2D eigenvalue weighted by molar-refractivity contribution is 8.19. The average Bonchev–Trinajstić information content (AvgIpc) is 3.25. The summed E-state index contributed by atoms with van der Waals surface area (Å²) in [5, 5.41) is 2.86. The second-order valence-corrected chi connectivity index (χ2v) is 8.82. The molecule has 0 unspecified atom stereocenters. The molecule has 0 aliphatic carbocycles. The van der Waals surface area contributed by atoms with Crippen molar-refractivity contribution >= 4 is 46.9 Å². The van der Waals surface area contributed by atoms with Crippen LogP contribution in [0.1, 0.15) is 20.8 Å². The first-order chi connectivity index (χ1) is 11.7. The molecule has 1 aromatic heterocycles. The zero-order valence-corrected chi connectivity index (χ0v) is 15.8. The van der Waals surface area contributed by atoms with E-state index in [1.54, 1.807) is 30.6 Å². The van der Waals surface area contributed by atoms with Crippen LogP contribution in [-0.4, -0.2) is 29.6 Å². The molecule has 1 aromatic carbocycles. The van der Waals surface area contributed by atoms with Crippen molar-refractivity contribution < 1.29 is 14.3 Å². The Morgan fingerprint density at radius 3 is 2.75 bits per heavy atom. The van der Waals surface area contributed by atoms with E-state index in [9.17, 15) is 4.79 Å². The third-order valence-electron chi connectivity index (χ3n) is 3.32. The topological polar surface area (TPSA) is 48.4 Å². The Bertz CT molecular complexity index is 751. The van der Waals surface area contributed by atoms with Gasteiger partial charge in [-0.15, -0.1) is 34.9 Å². The predicted molar refractivity (Wildman–Crippen MR) is 102 cm³/mol. The first-order valence-corrected chi connectivity index (χ1v) is 10.4. The number of aryl methyl sites for hydroxylation is 1. The molecule has 126 valence electrons. The zero-order chi connectivity index (χ0) is 16.9. The summed E-state index contributed by atoms with van der Waals surface area (Å²) in [6.45, 7) is 1.92. The van der Waals surface area contributed by atoms with Crippen LogP contribution < -0.4 is 9.47 Å². The molecule has 7 heteroatoms. The third-order valence-corrected chi connectivity index (χ3v) is 7.22. The summed E-state index contributed by atoms with van der Waals surface area (Å²) in [5.74, 6) is 2.88. The summed E-state index contributed by atoms with van der Waals surface area (Å²) < 4.78 is 11.2. The molecule has 0 bridgehead atoms. The van der Waals surface area contributed by atoms with Gasteiger partial charge in [0.25, 0.3) is 0 Å². The molecule has 0 atom stereocenters. The lowest BCUT2D eigenvalue weighted by Crippen LogP contribution is -2.05. The summed E-state index contributed by atoms with van der Waals surface area (Å²) >= 11 is 5.39. The van der Waals surface area contributed by atoms with Crippen molar-refractivity contribution in [2.45, 2.75) is 11.5 Å². The van der Waals surface area contributed by atoms with E-state index in [1.807, 2.05) is 48.0 Å². The number of methoxy groups -OCH3 is 1. The molecule has 1 fully saturated rings. The van der Waals surface area contributed by atoms with Crippen molar-refractivity contribution in [2.75, 3.05) is 18.6 Å². The van der Waals surface area contributed by atoms with E-state index in [0.29, 0.717) is 16.1 Å². The number of hydrogen-bond acceptors (Lipinski definition) is 7. The summed E-state index contributed by atoms with van der Waals surface area (Å²) in [6, 6.07) is 5.74. The molecule has 2 aromatic rings. The Hall–Kier alpha value is -1.44. The van der Waals surface area contributed by atoms with E-state index in [4.69, 9.17) is 9.47 Å². The van der Waals surface area contributed by atoms with Gasteiger partial charge in [0.2, 0.25) is 0 Å². The number of carbonyl (C=O) groups excluding carboxylic acids is 1. The van der Waals surface area contributed by atoms with E-state index in [2.05, 4.69) is 4.98 Å². The molecule has 1 saturated heterocycles. The lowest BCUT2D eigenvalue weighted by atomic mass is 10.2. The molecule has 0 N–H and O–H groups in total. The molecule has 24 heavy (non-hydrogen) atoms. The first-order valence-electron chi connectivity index (χ1n) is 7.39. The molecule has 0 spiro atoms. The Morgan fingerprint density at radius 2 is 2.08 bits per heavy atom. The fourth-order valence-electron chi connectivity index (χ4n) is 2.22. The number of nitrogens with zero attached hydrogens (tertiary/aromatic N) is 1. The minimum absolute atomic E-state index is 0.427. The standard InChI is InChI=1S/C17H17NO3S3/c1-11-18-13(10-24-11)4-6-16(19)21-14-5-3-12(9-15(14)20-2)17-22-7-8-23-17/h3-6,9-10,17H,7-8H2,1-2H3/b6-4+. The number of carbonyl (C=O) groups is 1. The van der Waals surface area contributed by atoms with Crippen LogP contribution in [0.3, 0.4) is 0 Å². The fraction of sp³-hybridized carbons (Fsp3) is 0.294. The maximum absolute atomic E-state index is 12.0. The molecular formula is C17H17NO3S3. The van der Waals surface area contributed by atoms with Gasteiger partial charge < -0.3 is 9.47 Å². The van der Waals surface area contributed by atoms with E-state index in [1.165, 1.54) is 11.6 Å². The number of ether oxygens (including phenoxy) is 2. The van der Waals surface area contributed by atoms with Crippen molar-refractivity contribution in [3.8, 4) is 11.5 Å². The van der Waals surface area contributed by atoms with Crippen molar-refractivity contribution in [1.82, 2.24) is 4.98 Å². The highest BCUT2D eigenvalue weighted by atomic mass is 32.2. The monoisotopic (exact) mass is 379 g/mol. The molecule has 3 rings (SSSR count). The van der Waals surface area contributed by atoms with Gasteiger partial charge in [0.15, 0.2) is 11.5 Å². The van der Waals surface area contributed by atoms with Crippen LogP contribution in [-0.2, 0) is 4.79 Å². The summed E-state index contributed by atoms with van der Waals surface area (Å²) in [6.07, 6.45) is 3.03. The van der Waals surface area contributed by atoms with Gasteiger partial charge in [-0.3, -0.25) is 0 Å². The lowest BCUT2D eigenvalue weighted by molar-refractivity contribution is -0.129. The van der Waals surface area contributed by atoms with Crippen LogP contribution in [0.25, 0.3) is 6.08 Å². The SMILES string of the molecule is COc1cc(C2SCCS2)ccc1OC(=O)/C=C/c1csc(C)n1. The van der Waals surface area contributed by atoms with Crippen LogP contribution in [0.2, 0.25) is 0 Å². The van der Waals surface area contributed by atoms with E-state index in [-0.39, 0.29) is 0 Å². The summed E-state index contributed by atoms with van der Waals surface area (Å²) in [4.78, 5) is 16.3. The third kappa shape index (κ3) is 4.34. The van der Waals surface area contributed by atoms with Gasteiger partial charge >= 0.3 is 5.97 Å². The van der Waals surface area contributed by atoms with Gasteiger partial charge in [-0.25, -0.2) is 9.78 Å². The highest BCUT2D eigenvalue weighted by Crippen LogP contribution is 2.46. The Labute approximate surface area is 153 Å². The summed E-state index contributed by atoms with van der Waals surface area (Å²) in [5.41, 5.74) is 1.94. The second-order valence-electron chi connectivity index (χ2n) is 5.03. The van der Waals surface area contributed by atoms with Gasteiger partial charge in [0.05, 0.1) is 22.4 Å². The molecule has 1 aliphatic heterocycles. The minimum atomic E-state index is -0.448. The van der Waals surface area contributed by atoms with Crippen LogP contribution >= 0.6 is 34.9 Å². The number of benzene rings is 1. The number of hydrogen-bond donors (Lipinski definition) is 0. The number of rotatable bonds is 5. The average molecular weight is 380 g/mol. The number of thiazole rings is 1. The molecule has 0 radical (unpaired) electrons.